The minimum absolute atomic E-state index is 0.0794. The molecule has 0 aliphatic heterocycles. The Morgan fingerprint density at radius 3 is 2.46 bits per heavy atom. The number of nitrogens with one attached hydrogen (secondary N) is 1. The third kappa shape index (κ3) is 5.09. The van der Waals surface area contributed by atoms with Crippen LogP contribution >= 0.6 is 11.6 Å². The molecule has 2 aromatic rings. The molecule has 2 amide bonds. The summed E-state index contributed by atoms with van der Waals surface area (Å²) in [5.74, 6) is 0.0547. The number of carbonyl (C=O) groups excluding carboxylic acids is 2. The highest BCUT2D eigenvalue weighted by molar-refractivity contribution is 6.31. The van der Waals surface area contributed by atoms with Crippen LogP contribution in [-0.4, -0.2) is 18.4 Å². The van der Waals surface area contributed by atoms with Gasteiger partial charge in [0.05, 0.1) is 0 Å². The lowest BCUT2D eigenvalue weighted by Gasteiger charge is -2.25. The molecule has 0 fully saturated rings. The van der Waals surface area contributed by atoms with Gasteiger partial charge < -0.3 is 10.2 Å². The summed E-state index contributed by atoms with van der Waals surface area (Å²) in [7, 11) is 0. The van der Waals surface area contributed by atoms with Gasteiger partial charge in [0, 0.05) is 36.3 Å². The summed E-state index contributed by atoms with van der Waals surface area (Å²) in [6, 6.07) is 13.2. The molecule has 0 aliphatic carbocycles. The van der Waals surface area contributed by atoms with Crippen molar-refractivity contribution in [2.24, 2.45) is 0 Å². The lowest BCUT2D eigenvalue weighted by molar-refractivity contribution is -0.117. The fraction of sp³-hybridized carbons (Fsp3) is 0.333. The number of aryl methyl sites for hydroxylation is 1. The lowest BCUT2D eigenvalue weighted by Crippen LogP contribution is -2.32. The van der Waals surface area contributed by atoms with E-state index in [9.17, 15) is 9.59 Å². The molecule has 2 aromatic carbocycles. The summed E-state index contributed by atoms with van der Waals surface area (Å²) in [5.41, 5.74) is 3.56. The summed E-state index contributed by atoms with van der Waals surface area (Å²) in [4.78, 5) is 26.1. The molecule has 5 heteroatoms. The molecular weight excluding hydrogens is 348 g/mol. The molecule has 0 radical (unpaired) electrons. The molecule has 0 bridgehead atoms. The number of hydrogen-bond donors (Lipinski definition) is 1. The fourth-order valence-electron chi connectivity index (χ4n) is 2.78. The second kappa shape index (κ2) is 8.86. The van der Waals surface area contributed by atoms with Crippen LogP contribution in [0.3, 0.4) is 0 Å². The molecule has 4 nitrogen and oxygen atoms in total. The number of rotatable bonds is 6. The summed E-state index contributed by atoms with van der Waals surface area (Å²) >= 11 is 6.09. The Hall–Kier alpha value is -2.33. The van der Waals surface area contributed by atoms with Gasteiger partial charge in [-0.05, 0) is 42.2 Å². The van der Waals surface area contributed by atoms with E-state index in [1.807, 2.05) is 43.3 Å². The van der Waals surface area contributed by atoms with E-state index in [0.717, 1.165) is 16.8 Å². The second-order valence-corrected chi connectivity index (χ2v) is 7.05. The summed E-state index contributed by atoms with van der Waals surface area (Å²) in [5, 5.41) is 3.44. The highest BCUT2D eigenvalue weighted by Crippen LogP contribution is 2.27. The fourth-order valence-corrected chi connectivity index (χ4v) is 2.96. The first-order valence-electron chi connectivity index (χ1n) is 8.72. The van der Waals surface area contributed by atoms with Crippen LogP contribution in [0.1, 0.15) is 44.2 Å². The SMILES string of the molecule is CC(=O)N(CCC(=O)Nc1ccc(C)c(Cl)c1)c1ccccc1C(C)C. The molecule has 0 unspecified atom stereocenters. The van der Waals surface area contributed by atoms with E-state index in [2.05, 4.69) is 19.2 Å². The van der Waals surface area contributed by atoms with Gasteiger partial charge in [0.2, 0.25) is 11.8 Å². The van der Waals surface area contributed by atoms with Gasteiger partial charge in [0.25, 0.3) is 0 Å². The van der Waals surface area contributed by atoms with Crippen molar-refractivity contribution in [3.05, 3.63) is 58.6 Å². The van der Waals surface area contributed by atoms with Crippen molar-refractivity contribution in [1.29, 1.82) is 0 Å². The minimum atomic E-state index is -0.154. The van der Waals surface area contributed by atoms with Gasteiger partial charge in [0.1, 0.15) is 0 Å². The molecule has 0 heterocycles. The van der Waals surface area contributed by atoms with Gasteiger partial charge in [-0.25, -0.2) is 0 Å². The van der Waals surface area contributed by atoms with Gasteiger partial charge in [0.15, 0.2) is 0 Å². The average Bonchev–Trinajstić information content (AvgIpc) is 2.58. The van der Waals surface area contributed by atoms with Crippen LogP contribution < -0.4 is 10.2 Å². The number of carbonyl (C=O) groups is 2. The maximum absolute atomic E-state index is 12.3. The van der Waals surface area contributed by atoms with Crippen molar-refractivity contribution in [2.75, 3.05) is 16.8 Å². The molecular formula is C21H25ClN2O2. The second-order valence-electron chi connectivity index (χ2n) is 6.65. The van der Waals surface area contributed by atoms with Gasteiger partial charge in [-0.1, -0.05) is 49.7 Å². The van der Waals surface area contributed by atoms with Crippen LogP contribution in [0.2, 0.25) is 5.02 Å². The molecule has 0 saturated carbocycles. The van der Waals surface area contributed by atoms with E-state index in [1.165, 1.54) is 6.92 Å². The van der Waals surface area contributed by atoms with E-state index >= 15 is 0 Å². The normalized spacial score (nSPS) is 10.7. The molecule has 0 aliphatic rings. The summed E-state index contributed by atoms with van der Waals surface area (Å²) < 4.78 is 0. The minimum Gasteiger partial charge on any atom is -0.326 e. The third-order valence-electron chi connectivity index (χ3n) is 4.25. The molecule has 138 valence electrons. The van der Waals surface area contributed by atoms with Crippen molar-refractivity contribution in [3.63, 3.8) is 0 Å². The smallest absolute Gasteiger partial charge is 0.226 e. The highest BCUT2D eigenvalue weighted by atomic mass is 35.5. The maximum Gasteiger partial charge on any atom is 0.226 e. The Kier molecular flexibility index (Phi) is 6.81. The topological polar surface area (TPSA) is 49.4 Å². The molecule has 0 spiro atoms. The van der Waals surface area contributed by atoms with Crippen molar-refractivity contribution < 1.29 is 9.59 Å². The van der Waals surface area contributed by atoms with E-state index in [4.69, 9.17) is 11.6 Å². The number of para-hydroxylation sites is 1. The zero-order valence-electron chi connectivity index (χ0n) is 15.7. The van der Waals surface area contributed by atoms with Crippen LogP contribution in [0.5, 0.6) is 0 Å². The molecule has 0 atom stereocenters. The predicted octanol–water partition coefficient (Wildman–Crippen LogP) is 5.15. The van der Waals surface area contributed by atoms with E-state index in [-0.39, 0.29) is 24.2 Å². The van der Waals surface area contributed by atoms with Crippen LogP contribution in [-0.2, 0) is 9.59 Å². The molecule has 0 saturated heterocycles. The monoisotopic (exact) mass is 372 g/mol. The Balaban J connectivity index is 2.08. The Morgan fingerprint density at radius 2 is 1.85 bits per heavy atom. The third-order valence-corrected chi connectivity index (χ3v) is 4.65. The standard InChI is InChI=1S/C21H25ClN2O2/c1-14(2)18-7-5-6-8-20(18)24(16(4)25)12-11-21(26)23-17-10-9-15(3)19(22)13-17/h5-10,13-14H,11-12H2,1-4H3,(H,23,26). The lowest BCUT2D eigenvalue weighted by atomic mass is 10.0. The largest absolute Gasteiger partial charge is 0.326 e. The maximum atomic E-state index is 12.3. The van der Waals surface area contributed by atoms with Crippen molar-refractivity contribution >= 4 is 34.8 Å². The Bertz CT molecular complexity index is 802. The van der Waals surface area contributed by atoms with E-state index in [1.54, 1.807) is 11.0 Å². The number of amides is 2. The average molecular weight is 373 g/mol. The van der Waals surface area contributed by atoms with Crippen LogP contribution in [0, 0.1) is 6.92 Å². The Labute approximate surface area is 160 Å². The van der Waals surface area contributed by atoms with Gasteiger partial charge in [-0.3, -0.25) is 9.59 Å². The van der Waals surface area contributed by atoms with Gasteiger partial charge >= 0.3 is 0 Å². The van der Waals surface area contributed by atoms with Crippen LogP contribution in [0.25, 0.3) is 0 Å². The molecule has 26 heavy (non-hydrogen) atoms. The molecule has 0 aromatic heterocycles. The number of hydrogen-bond acceptors (Lipinski definition) is 2. The summed E-state index contributed by atoms with van der Waals surface area (Å²) in [6.07, 6.45) is 0.206. The zero-order chi connectivity index (χ0) is 19.3. The van der Waals surface area contributed by atoms with Gasteiger partial charge in [-0.2, -0.15) is 0 Å². The molecule has 1 N–H and O–H groups in total. The first kappa shape index (κ1) is 20.0. The van der Waals surface area contributed by atoms with Crippen molar-refractivity contribution in [2.45, 2.75) is 40.0 Å². The van der Waals surface area contributed by atoms with E-state index in [0.29, 0.717) is 17.3 Å². The number of halogens is 1. The van der Waals surface area contributed by atoms with Crippen molar-refractivity contribution in [3.8, 4) is 0 Å². The van der Waals surface area contributed by atoms with Crippen molar-refractivity contribution in [1.82, 2.24) is 0 Å². The Morgan fingerprint density at radius 1 is 1.15 bits per heavy atom. The zero-order valence-corrected chi connectivity index (χ0v) is 16.4. The van der Waals surface area contributed by atoms with Gasteiger partial charge in [-0.15, -0.1) is 0 Å². The van der Waals surface area contributed by atoms with Crippen LogP contribution in [0.4, 0.5) is 11.4 Å². The molecule has 2 rings (SSSR count). The highest BCUT2D eigenvalue weighted by Gasteiger charge is 2.18. The first-order valence-corrected chi connectivity index (χ1v) is 9.10. The predicted molar refractivity (Wildman–Crippen MR) is 108 cm³/mol. The van der Waals surface area contributed by atoms with E-state index < -0.39 is 0 Å². The summed E-state index contributed by atoms with van der Waals surface area (Å²) in [6.45, 7) is 7.93. The van der Waals surface area contributed by atoms with Crippen LogP contribution in [0.15, 0.2) is 42.5 Å². The number of benzene rings is 2. The number of nitrogens with zero attached hydrogens (tertiary/aromatic N) is 1. The first-order chi connectivity index (χ1) is 12.3. The quantitative estimate of drug-likeness (QED) is 0.761. The number of anilines is 2.